The Morgan fingerprint density at radius 3 is 1.79 bits per heavy atom. The SMILES string of the molecule is C[C@@H]1NC(=O)[C@@H]2CCCC[C@H](NC(=O)CNC(=O)OCC3c4ccccc4-c4ccccc43)C(=O)N[C@@H](C/C=C/CC(C(N)=O)NC(=O)[C@H](CCCNC(=N)N)NC(=O)[C@H](Cc3c[nH]c4ccccc34)NC1=O)C(=O)N[C@@H](CO)C(=O)N[C@@H](CC(=O)O)C(=O)N1CCC[C@@H]1C(=O)N[C@@H](CCCNC(=N)N)C(=O)N2. The van der Waals surface area contributed by atoms with Gasteiger partial charge in [0.05, 0.1) is 13.0 Å². The number of nitrogens with one attached hydrogen (secondary N) is 16. The fourth-order valence-corrected chi connectivity index (χ4v) is 13.2. The van der Waals surface area contributed by atoms with Crippen LogP contribution < -0.4 is 86.3 Å². The Morgan fingerprint density at radius 1 is 0.583 bits per heavy atom. The van der Waals surface area contributed by atoms with Crippen LogP contribution in [0.4, 0.5) is 4.79 Å². The van der Waals surface area contributed by atoms with E-state index in [0.717, 1.165) is 27.2 Å². The van der Waals surface area contributed by atoms with Crippen LogP contribution >= 0.6 is 0 Å². The molecule has 37 nitrogen and oxygen atoms in total. The molecule has 3 aromatic carbocycles. The second kappa shape index (κ2) is 39.3. The van der Waals surface area contributed by atoms with Crippen molar-refractivity contribution in [2.45, 2.75) is 169 Å². The molecule has 2 saturated heterocycles. The quantitative estimate of drug-likeness (QED) is 0.0188. The van der Waals surface area contributed by atoms with Crippen LogP contribution in [0.25, 0.3) is 22.0 Å². The summed E-state index contributed by atoms with van der Waals surface area (Å²) in [5.74, 6) is -15.3. The number of aliphatic hydroxyl groups is 1. The van der Waals surface area contributed by atoms with Gasteiger partial charge in [-0.15, -0.1) is 0 Å². The zero-order valence-electron chi connectivity index (χ0n) is 59.4. The number of fused-ring (bicyclic) bond motifs is 13. The highest BCUT2D eigenvalue weighted by atomic mass is 16.5. The lowest BCUT2D eigenvalue weighted by atomic mass is 9.98. The third-order valence-electron chi connectivity index (χ3n) is 18.8. The number of carbonyl (C=O) groups excluding carboxylic acids is 13. The molecule has 37 heteroatoms. The molecule has 0 saturated carbocycles. The van der Waals surface area contributed by atoms with Crippen LogP contribution in [0, 0.1) is 10.8 Å². The van der Waals surface area contributed by atoms with Crippen molar-refractivity contribution in [3.8, 4) is 11.1 Å². The van der Waals surface area contributed by atoms with Crippen molar-refractivity contribution in [2.24, 2.45) is 17.2 Å². The molecule has 4 aliphatic rings. The number of aromatic amines is 1. The number of ether oxygens (including phenoxy) is 1. The highest BCUT2D eigenvalue weighted by molar-refractivity contribution is 6.01. The lowest BCUT2D eigenvalue weighted by Gasteiger charge is -2.30. The van der Waals surface area contributed by atoms with Gasteiger partial charge in [-0.2, -0.15) is 0 Å². The normalized spacial score (nSPS) is 24.3. The molecule has 3 aliphatic heterocycles. The molecule has 1 aromatic heterocycles. The fourth-order valence-electron chi connectivity index (χ4n) is 13.2. The number of alkyl carbamates (subject to hydrolysis) is 1. The molecule has 4 aromatic rings. The van der Waals surface area contributed by atoms with Crippen molar-refractivity contribution < 1.29 is 82.1 Å². The first kappa shape index (κ1) is 81.5. The van der Waals surface area contributed by atoms with Crippen LogP contribution in [0.1, 0.15) is 113 Å². The third kappa shape index (κ3) is 22.9. The van der Waals surface area contributed by atoms with Crippen molar-refractivity contribution >= 4 is 106 Å². The number of hydrogen-bond acceptors (Lipinski definition) is 18. The summed E-state index contributed by atoms with van der Waals surface area (Å²) in [6.07, 6.45) is -0.134. The largest absolute Gasteiger partial charge is 0.481 e. The van der Waals surface area contributed by atoms with Gasteiger partial charge in [-0.3, -0.25) is 73.1 Å². The molecule has 1 aliphatic carbocycles. The van der Waals surface area contributed by atoms with E-state index in [1.54, 1.807) is 30.5 Å². The van der Waals surface area contributed by atoms with Crippen molar-refractivity contribution in [2.75, 3.05) is 39.4 Å². The maximum Gasteiger partial charge on any atom is 0.407 e. The van der Waals surface area contributed by atoms with Crippen LogP contribution in [0.15, 0.2) is 91.1 Å². The molecular formula is C71H94N20O17. The van der Waals surface area contributed by atoms with Gasteiger partial charge >= 0.3 is 12.1 Å². The highest BCUT2D eigenvalue weighted by Gasteiger charge is 2.42. The number of rotatable bonds is 19. The number of aliphatic carboxylic acids is 1. The Hall–Kier alpha value is -12.2. The van der Waals surface area contributed by atoms with Gasteiger partial charge in [0, 0.05) is 49.1 Å². The number of benzene rings is 3. The summed E-state index contributed by atoms with van der Waals surface area (Å²) >= 11 is 0. The molecule has 580 valence electrons. The number of amides is 13. The van der Waals surface area contributed by atoms with Crippen molar-refractivity contribution in [3.63, 3.8) is 0 Å². The van der Waals surface area contributed by atoms with Crippen LogP contribution in [0.5, 0.6) is 0 Å². The van der Waals surface area contributed by atoms with Gasteiger partial charge in [0.15, 0.2) is 11.9 Å². The van der Waals surface area contributed by atoms with Crippen LogP contribution in [-0.2, 0) is 73.5 Å². The van der Waals surface area contributed by atoms with Gasteiger partial charge in [0.25, 0.3) is 0 Å². The third-order valence-corrected chi connectivity index (χ3v) is 18.8. The summed E-state index contributed by atoms with van der Waals surface area (Å²) in [6, 6.07) is 4.11. The average molecular weight is 1500 g/mol. The summed E-state index contributed by atoms with van der Waals surface area (Å²) in [6.45, 7) is -1.00. The standard InChI is InChI=1S/C71H94N20O17/c1-37-59(97)88-52(31-38-33-79-45-20-7-6-15-39(38)45)65(103)86-50(25-12-28-77-69(73)74)62(100)83-46(58(72)96)21-8-9-24-49-64(102)90-54(35-92)66(104)89-53(32-57(94)95)68(106)91-30-14-27-55(91)67(105)87-51(26-13-29-78-70(75)76)63(101)84-48(60(98)81-37)23-11-10-22-47(61(99)85-49)82-56(93)34-80-71(107)108-36-44-42-18-4-2-16-40(42)41-17-3-5-19-43(41)44/h2-9,15-20,33,37,44,46-55,79,92H,10-14,21-32,34-36H2,1H3,(H2,72,96)(H,80,107)(H,81,98)(H,82,93)(H,83,100)(H,84,101)(H,85,99)(H,86,103)(H,87,105)(H,88,97)(H,89,104)(H,90,102)(H,94,95)(H4,73,74,77)(H4,75,76,78)/b9-8+/t37-,46?,47-,48-,49-,50-,51-,52-,53-,54-,55+/m0/s1. The Labute approximate surface area is 620 Å². The number of aliphatic hydroxyl groups excluding tert-OH is 1. The number of carboxylic acid groups (broad SMARTS) is 1. The fraction of sp³-hybridized carbons (Fsp3) is 0.465. The lowest BCUT2D eigenvalue weighted by molar-refractivity contribution is -0.146. The summed E-state index contributed by atoms with van der Waals surface area (Å²) < 4.78 is 5.64. The summed E-state index contributed by atoms with van der Waals surface area (Å²) in [5, 5.41) is 69.8. The number of H-pyrrole nitrogens is 1. The molecule has 0 spiro atoms. The first-order valence-corrected chi connectivity index (χ1v) is 35.6. The van der Waals surface area contributed by atoms with E-state index in [1.165, 1.54) is 19.1 Å². The van der Waals surface area contributed by atoms with E-state index in [-0.39, 0.29) is 103 Å². The molecule has 1 unspecified atom stereocenters. The number of carbonyl (C=O) groups is 14. The first-order chi connectivity index (χ1) is 51.7. The zero-order valence-corrected chi connectivity index (χ0v) is 59.4. The first-order valence-electron chi connectivity index (χ1n) is 35.6. The van der Waals surface area contributed by atoms with Crippen molar-refractivity contribution in [1.82, 2.24) is 79.0 Å². The Bertz CT molecular complexity index is 4010. The maximum atomic E-state index is 14.9. The zero-order chi connectivity index (χ0) is 78.1. The second-order valence-corrected chi connectivity index (χ2v) is 26.6. The molecule has 8 rings (SSSR count). The molecule has 13 amide bonds. The van der Waals surface area contributed by atoms with Gasteiger partial charge < -0.3 is 111 Å². The summed E-state index contributed by atoms with van der Waals surface area (Å²) in [4.78, 5) is 204. The van der Waals surface area contributed by atoms with Gasteiger partial charge in [-0.05, 0) is 105 Å². The number of aromatic nitrogens is 1. The smallest absolute Gasteiger partial charge is 0.407 e. The number of nitrogens with two attached hydrogens (primary N) is 3. The maximum absolute atomic E-state index is 14.9. The lowest BCUT2D eigenvalue weighted by Crippen LogP contribution is -2.61. The molecule has 24 N–H and O–H groups in total. The van der Waals surface area contributed by atoms with E-state index in [4.69, 9.17) is 32.8 Å². The van der Waals surface area contributed by atoms with E-state index < -0.39 is 194 Å². The van der Waals surface area contributed by atoms with Crippen LogP contribution in [-0.4, -0.2) is 221 Å². The molecule has 2 fully saturated rings. The van der Waals surface area contributed by atoms with Gasteiger partial charge in [-0.1, -0.05) is 91.7 Å². The number of hydrogen-bond donors (Lipinski definition) is 21. The van der Waals surface area contributed by atoms with Crippen molar-refractivity contribution in [3.05, 3.63) is 108 Å². The molecular weight excluding hydrogens is 1400 g/mol. The molecule has 108 heavy (non-hydrogen) atoms. The monoisotopic (exact) mass is 1500 g/mol. The number of primary amides is 1. The van der Waals surface area contributed by atoms with E-state index in [0.29, 0.717) is 16.5 Å². The second-order valence-electron chi connectivity index (χ2n) is 26.6. The van der Waals surface area contributed by atoms with Crippen LogP contribution in [0.2, 0.25) is 0 Å². The highest BCUT2D eigenvalue weighted by Crippen LogP contribution is 2.44. The Balaban J connectivity index is 1.18. The predicted octanol–water partition coefficient (Wildman–Crippen LogP) is -3.49. The minimum atomic E-state index is -2.00. The number of nitrogens with zero attached hydrogens (tertiary/aromatic N) is 1. The molecule has 11 atom stereocenters. The van der Waals surface area contributed by atoms with Gasteiger partial charge in [-0.25, -0.2) is 4.79 Å². The number of guanidine groups is 2. The minimum Gasteiger partial charge on any atom is -0.481 e. The predicted molar refractivity (Wildman–Crippen MR) is 388 cm³/mol. The van der Waals surface area contributed by atoms with E-state index >= 15 is 0 Å². The van der Waals surface area contributed by atoms with E-state index in [1.807, 2.05) is 48.5 Å². The summed E-state index contributed by atoms with van der Waals surface area (Å²) in [7, 11) is 0. The van der Waals surface area contributed by atoms with E-state index in [2.05, 4.69) is 74.1 Å². The van der Waals surface area contributed by atoms with Crippen molar-refractivity contribution in [1.29, 1.82) is 10.8 Å². The number of para-hydroxylation sites is 1. The average Bonchev–Trinajstić information content (AvgIpc) is 1.62. The van der Waals surface area contributed by atoms with E-state index in [9.17, 15) is 77.3 Å². The minimum absolute atomic E-state index is 0.0127. The molecule has 2 bridgehead atoms. The molecule has 0 radical (unpaired) electrons. The van der Waals surface area contributed by atoms with Gasteiger partial charge in [0.2, 0.25) is 70.9 Å². The van der Waals surface area contributed by atoms with Crippen LogP contribution in [0.3, 0.4) is 0 Å². The topological polar surface area (TPSA) is 590 Å². The van der Waals surface area contributed by atoms with Gasteiger partial charge in [0.1, 0.15) is 79.6 Å². The summed E-state index contributed by atoms with van der Waals surface area (Å²) in [5.41, 5.74) is 21.9. The Morgan fingerprint density at radius 2 is 1.14 bits per heavy atom. The number of carboxylic acids is 1. The Kier molecular flexibility index (Phi) is 29.6. The molecule has 4 heterocycles.